The monoisotopic (exact) mass is 1720 g/mol. The molecular weight excluding hydrogens is 1590 g/mol. The van der Waals surface area contributed by atoms with Crippen LogP contribution in [0.4, 0.5) is 0 Å². The van der Waals surface area contributed by atoms with Gasteiger partial charge < -0.3 is 166 Å². The molecule has 12 atom stereocenters. The topological polar surface area (TPSA) is 920 Å². The molecule has 2 rings (SSSR count). The Morgan fingerprint density at radius 3 is 0.843 bits per heavy atom. The van der Waals surface area contributed by atoms with E-state index in [0.29, 0.717) is 25.7 Å². The van der Waals surface area contributed by atoms with Crippen LogP contribution in [0, 0.1) is 0 Å². The predicted molar refractivity (Wildman–Crippen MR) is 448 cm³/mol. The molecule has 682 valence electrons. The molecule has 0 aromatic rings. The van der Waals surface area contributed by atoms with Gasteiger partial charge in [-0.25, -0.2) is 4.79 Å². The quantitative estimate of drug-likeness (QED) is 0.0153. The molecule has 2 aliphatic rings. The average Bonchev–Trinajstić information content (AvgIpc) is 1.67. The highest BCUT2D eigenvalue weighted by atomic mass is 16.4. The van der Waals surface area contributed by atoms with Gasteiger partial charge in [-0.3, -0.25) is 97.1 Å². The second-order valence-electron chi connectivity index (χ2n) is 28.9. The third-order valence-corrected chi connectivity index (χ3v) is 19.1. The fourth-order valence-electron chi connectivity index (χ4n) is 12.9. The van der Waals surface area contributed by atoms with Crippen LogP contribution in [0.1, 0.15) is 167 Å². The molecule has 14 amide bonds. The number of rotatable bonds is 61. The van der Waals surface area contributed by atoms with E-state index in [1.165, 1.54) is 9.80 Å². The van der Waals surface area contributed by atoms with Crippen LogP contribution in [0.2, 0.25) is 0 Å². The molecule has 0 bridgehead atoms. The SMILES string of the molecule is NCCCC[C@H](NC(=O)[C@H](CCCN=C(N)N)NC(=O)CN)C(=O)N[C@@H](CCCCN)C(=O)N[C@@H](CCCN=C(N)N)C(=O)N[C@@H](CCCN=C(N)N)C(=O)N[C@@H](CCC(N)=O)C(=O)N[C@@H](CCCN=C(N)N)C(=O)N[C@@H](CCCN=C(N)N)C(=O)N[C@@H](CCCN=C(N)N)C(=O)N1CCC[C@H]1C(=O)N1CCC[C@H]1C(=O)N[C@@H](CCC(N)=O)C(=O)O. The number of carboxylic acid groups (broad SMARTS) is 1. The van der Waals surface area contributed by atoms with Crippen molar-refractivity contribution in [1.29, 1.82) is 0 Å². The summed E-state index contributed by atoms with van der Waals surface area (Å²) in [6, 6.07) is -17.6. The van der Waals surface area contributed by atoms with Crippen molar-refractivity contribution in [3.05, 3.63) is 0 Å². The van der Waals surface area contributed by atoms with Crippen molar-refractivity contribution in [2.24, 2.45) is 127 Å². The zero-order valence-corrected chi connectivity index (χ0v) is 68.6. The molecule has 0 radical (unpaired) electrons. The Kier molecular flexibility index (Phi) is 49.8. The number of nitrogens with one attached hydrogen (secondary N) is 10. The number of amides is 14. The minimum Gasteiger partial charge on any atom is -0.480 e. The van der Waals surface area contributed by atoms with Crippen molar-refractivity contribution in [1.82, 2.24) is 63.0 Å². The van der Waals surface area contributed by atoms with Crippen molar-refractivity contribution < 1.29 is 77.0 Å². The number of aliphatic carboxylic acids is 1. The third-order valence-electron chi connectivity index (χ3n) is 19.1. The Morgan fingerprint density at radius 1 is 0.306 bits per heavy atom. The molecule has 0 aliphatic carbocycles. The van der Waals surface area contributed by atoms with E-state index in [1.54, 1.807) is 0 Å². The summed E-state index contributed by atoms with van der Waals surface area (Å²) in [6.07, 6.45) is -0.785. The minimum absolute atomic E-state index is 0.000232. The molecule has 2 heterocycles. The second kappa shape index (κ2) is 57.6. The van der Waals surface area contributed by atoms with Crippen LogP contribution in [0.3, 0.4) is 0 Å². The highest BCUT2D eigenvalue weighted by Crippen LogP contribution is 2.27. The zero-order valence-electron chi connectivity index (χ0n) is 68.6. The molecule has 51 nitrogen and oxygen atoms in total. The summed E-state index contributed by atoms with van der Waals surface area (Å²) in [4.78, 5) is 236. The molecular formula is C70H131N35O16. The van der Waals surface area contributed by atoms with Crippen LogP contribution in [0.25, 0.3) is 0 Å². The van der Waals surface area contributed by atoms with E-state index in [0.717, 1.165) is 0 Å². The van der Waals surface area contributed by atoms with Gasteiger partial charge in [0.05, 0.1) is 6.54 Å². The van der Waals surface area contributed by atoms with Gasteiger partial charge in [0, 0.05) is 65.2 Å². The second-order valence-corrected chi connectivity index (χ2v) is 28.9. The lowest BCUT2D eigenvalue weighted by Crippen LogP contribution is -2.61. The summed E-state index contributed by atoms with van der Waals surface area (Å²) in [7, 11) is 0. The first-order valence-corrected chi connectivity index (χ1v) is 40.2. The van der Waals surface area contributed by atoms with Crippen LogP contribution in [-0.4, -0.2) is 284 Å². The molecule has 2 saturated heterocycles. The normalized spacial score (nSPS) is 15.9. The molecule has 0 unspecified atom stereocenters. The number of likely N-dealkylation sites (tertiary alicyclic amines) is 2. The fourth-order valence-corrected chi connectivity index (χ4v) is 12.9. The van der Waals surface area contributed by atoms with E-state index in [1.807, 2.05) is 0 Å². The van der Waals surface area contributed by atoms with Crippen LogP contribution >= 0.6 is 0 Å². The lowest BCUT2D eigenvalue weighted by atomic mass is 10.0. The van der Waals surface area contributed by atoms with E-state index >= 15 is 0 Å². The molecule has 0 aromatic carbocycles. The van der Waals surface area contributed by atoms with Crippen molar-refractivity contribution in [2.45, 2.75) is 239 Å². The number of hydrogen-bond acceptors (Lipinski definition) is 24. The number of unbranched alkanes of at least 4 members (excludes halogenated alkanes) is 2. The maximum Gasteiger partial charge on any atom is 0.326 e. The van der Waals surface area contributed by atoms with Crippen LogP contribution in [-0.2, 0) is 71.9 Å². The molecule has 0 saturated carbocycles. The van der Waals surface area contributed by atoms with Gasteiger partial charge in [-0.2, -0.15) is 0 Å². The summed E-state index contributed by atoms with van der Waals surface area (Å²) < 4.78 is 0. The summed E-state index contributed by atoms with van der Waals surface area (Å²) >= 11 is 0. The highest BCUT2D eigenvalue weighted by Gasteiger charge is 2.45. The van der Waals surface area contributed by atoms with E-state index in [9.17, 15) is 77.0 Å². The summed E-state index contributed by atoms with van der Waals surface area (Å²) in [5, 5.41) is 35.8. The zero-order chi connectivity index (χ0) is 90.7. The first-order valence-electron chi connectivity index (χ1n) is 40.2. The number of carbonyl (C=O) groups is 15. The number of carbonyl (C=O) groups excluding carboxylic acids is 14. The highest BCUT2D eigenvalue weighted by molar-refractivity contribution is 6.00. The number of primary amides is 2. The van der Waals surface area contributed by atoms with Gasteiger partial charge in [0.1, 0.15) is 72.5 Å². The van der Waals surface area contributed by atoms with Gasteiger partial charge in [0.15, 0.2) is 35.8 Å². The molecule has 121 heavy (non-hydrogen) atoms. The van der Waals surface area contributed by atoms with Crippen molar-refractivity contribution in [2.75, 3.05) is 72.0 Å². The van der Waals surface area contributed by atoms with Gasteiger partial charge in [-0.1, -0.05) is 0 Å². The average molecular weight is 1720 g/mol. The molecule has 0 aromatic heterocycles. The van der Waals surface area contributed by atoms with E-state index in [2.05, 4.69) is 83.1 Å². The van der Waals surface area contributed by atoms with E-state index in [-0.39, 0.29) is 230 Å². The number of hydrogen-bond donors (Lipinski definition) is 28. The third kappa shape index (κ3) is 42.7. The van der Waals surface area contributed by atoms with Crippen LogP contribution in [0.15, 0.2) is 30.0 Å². The minimum atomic E-state index is -1.78. The van der Waals surface area contributed by atoms with Crippen molar-refractivity contribution in [3.8, 4) is 0 Å². The Hall–Kier alpha value is -12.4. The fraction of sp³-hybridized carbons (Fsp3) is 0.700. The standard InChI is InChI=1S/C70H131N35O16/c71-27-3-1-13-39(95-53(109)38(94-52(108)37-73)15-5-29-88-65(76)77)54(110)96-40(14-2-4-28-72)55(111)97-41(16-6-30-89-66(78)79)56(112)98-43(18-8-32-91-68(82)83)58(114)101-45(23-25-50(74)106)60(116)100-42(17-7-31-90-67(80)81)57(113)99-44(19-9-33-92-69(84)85)59(115)102-46(20-10-34-93-70(86)87)62(118)105-36-12-22-49(105)63(119)104-35-11-21-48(104)61(117)103-47(64(120)121)24-26-51(75)107/h38-49H,1-37,71-73H2,(H2,74,106)(H2,75,107)(H,94,108)(H,95,109)(H,96,110)(H,97,111)(H,98,112)(H,99,113)(H,100,116)(H,101,114)(H,102,115)(H,103,117)(H,120,121)(H4,76,77,88)(H4,78,79,89)(H4,80,81,90)(H4,82,83,91)(H4,84,85,92)(H4,86,87,93)/t38-,39-,40-,41-,42-,43-,44-,45-,46-,47-,48-,49-/m0/s1. The number of aliphatic imine (C=N–C) groups is 6. The number of guanidine groups is 6. The van der Waals surface area contributed by atoms with E-state index in [4.69, 9.17) is 97.5 Å². The Morgan fingerprint density at radius 2 is 0.562 bits per heavy atom. The first-order chi connectivity index (χ1) is 57.3. The van der Waals surface area contributed by atoms with Gasteiger partial charge in [-0.15, -0.1) is 0 Å². The van der Waals surface area contributed by atoms with Gasteiger partial charge in [0.2, 0.25) is 82.7 Å². The summed E-state index contributed by atoms with van der Waals surface area (Å²) in [5.74, 6) is -15.8. The summed E-state index contributed by atoms with van der Waals surface area (Å²) in [5.41, 5.74) is 95.2. The molecule has 0 spiro atoms. The Labute approximate surface area is 700 Å². The van der Waals surface area contributed by atoms with Gasteiger partial charge >= 0.3 is 5.97 Å². The molecule has 45 N–H and O–H groups in total. The van der Waals surface area contributed by atoms with Gasteiger partial charge in [0.25, 0.3) is 0 Å². The Balaban J connectivity index is 2.76. The largest absolute Gasteiger partial charge is 0.480 e. The first kappa shape index (κ1) is 105. The Bertz CT molecular complexity index is 3600. The lowest BCUT2D eigenvalue weighted by Gasteiger charge is -2.33. The molecule has 51 heteroatoms. The maximum atomic E-state index is 15.0. The number of carboxylic acids is 1. The predicted octanol–water partition coefficient (Wildman–Crippen LogP) is -13.0. The number of nitrogens with two attached hydrogens (primary N) is 17. The lowest BCUT2D eigenvalue weighted by molar-refractivity contribution is -0.149. The van der Waals surface area contributed by atoms with Crippen molar-refractivity contribution in [3.63, 3.8) is 0 Å². The smallest absolute Gasteiger partial charge is 0.326 e. The van der Waals surface area contributed by atoms with Crippen LogP contribution in [0.5, 0.6) is 0 Å². The van der Waals surface area contributed by atoms with E-state index < -0.39 is 181 Å². The molecule has 2 aliphatic heterocycles. The maximum absolute atomic E-state index is 15.0. The number of nitrogens with zero attached hydrogens (tertiary/aromatic N) is 8. The van der Waals surface area contributed by atoms with Crippen molar-refractivity contribution >= 4 is 124 Å². The van der Waals surface area contributed by atoms with Crippen LogP contribution < -0.4 is 151 Å². The van der Waals surface area contributed by atoms with Gasteiger partial charge in [-0.05, 0) is 167 Å². The summed E-state index contributed by atoms with van der Waals surface area (Å²) in [6.45, 7) is -0.461. The molecule has 2 fully saturated rings.